The Labute approximate surface area is 146 Å². The Kier molecular flexibility index (Phi) is 4.59. The van der Waals surface area contributed by atoms with Crippen LogP contribution in [0.1, 0.15) is 11.1 Å². The summed E-state index contributed by atoms with van der Waals surface area (Å²) in [6.45, 7) is 4.10. The minimum Gasteiger partial charge on any atom is -0.355 e. The Bertz CT molecular complexity index is 932. The van der Waals surface area contributed by atoms with Crippen molar-refractivity contribution in [1.29, 1.82) is 0 Å². The van der Waals surface area contributed by atoms with Crippen molar-refractivity contribution in [3.63, 3.8) is 0 Å². The normalized spacial score (nSPS) is 11.2. The van der Waals surface area contributed by atoms with E-state index in [1.807, 2.05) is 26.0 Å². The smallest absolute Gasteiger partial charge is 0.271 e. The van der Waals surface area contributed by atoms with Crippen LogP contribution in [0.3, 0.4) is 0 Å². The molecule has 0 bridgehead atoms. The van der Waals surface area contributed by atoms with Crippen LogP contribution in [0, 0.1) is 13.8 Å². The summed E-state index contributed by atoms with van der Waals surface area (Å²) in [6.07, 6.45) is 0. The molecule has 24 heavy (non-hydrogen) atoms. The van der Waals surface area contributed by atoms with Gasteiger partial charge in [-0.2, -0.15) is 0 Å². The molecule has 3 rings (SSSR count). The third kappa shape index (κ3) is 3.77. The fourth-order valence-corrected chi connectivity index (χ4v) is 4.32. The Hall–Kier alpha value is -2.31. The standard InChI is InChI=1S/C18H18N2O2S2/c1-13-5-6-14(2)17(12-13)19-15-7-9-16(10-8-15)20-24(21,22)18-4-3-11-23-18/h3-12,19-20H,1-2H3. The highest BCUT2D eigenvalue weighted by Gasteiger charge is 2.14. The van der Waals surface area contributed by atoms with E-state index >= 15 is 0 Å². The fourth-order valence-electron chi connectivity index (χ4n) is 2.27. The Morgan fingerprint density at radius 3 is 2.29 bits per heavy atom. The predicted molar refractivity (Wildman–Crippen MR) is 101 cm³/mol. The molecule has 0 atom stereocenters. The molecule has 0 spiro atoms. The van der Waals surface area contributed by atoms with Gasteiger partial charge in [0.15, 0.2) is 0 Å². The third-order valence-corrected chi connectivity index (χ3v) is 6.35. The van der Waals surface area contributed by atoms with Gasteiger partial charge in [-0.1, -0.05) is 18.2 Å². The van der Waals surface area contributed by atoms with E-state index in [1.54, 1.807) is 29.6 Å². The van der Waals surface area contributed by atoms with Crippen LogP contribution in [-0.4, -0.2) is 8.42 Å². The highest BCUT2D eigenvalue weighted by molar-refractivity contribution is 7.94. The zero-order valence-corrected chi connectivity index (χ0v) is 15.0. The van der Waals surface area contributed by atoms with Gasteiger partial charge in [0.1, 0.15) is 4.21 Å². The maximum Gasteiger partial charge on any atom is 0.271 e. The molecule has 2 aromatic carbocycles. The number of rotatable bonds is 5. The molecule has 0 aliphatic rings. The van der Waals surface area contributed by atoms with Gasteiger partial charge in [-0.25, -0.2) is 8.42 Å². The number of thiophene rings is 1. The van der Waals surface area contributed by atoms with E-state index in [9.17, 15) is 8.42 Å². The predicted octanol–water partition coefficient (Wildman–Crippen LogP) is 4.91. The second kappa shape index (κ2) is 6.67. The molecule has 0 unspecified atom stereocenters. The minimum absolute atomic E-state index is 0.306. The highest BCUT2D eigenvalue weighted by Crippen LogP contribution is 2.24. The van der Waals surface area contributed by atoms with Crippen LogP contribution in [0.15, 0.2) is 64.2 Å². The summed E-state index contributed by atoms with van der Waals surface area (Å²) in [5.74, 6) is 0. The van der Waals surface area contributed by atoms with E-state index in [2.05, 4.69) is 28.2 Å². The number of anilines is 3. The quantitative estimate of drug-likeness (QED) is 0.681. The van der Waals surface area contributed by atoms with Crippen LogP contribution in [0.2, 0.25) is 0 Å². The molecule has 0 fully saturated rings. The molecular formula is C18H18N2O2S2. The molecule has 1 heterocycles. The van der Waals surface area contributed by atoms with E-state index in [4.69, 9.17) is 0 Å². The first-order valence-corrected chi connectivity index (χ1v) is 9.81. The van der Waals surface area contributed by atoms with E-state index in [0.29, 0.717) is 9.90 Å². The van der Waals surface area contributed by atoms with Crippen molar-refractivity contribution in [3.8, 4) is 0 Å². The first-order chi connectivity index (χ1) is 11.4. The summed E-state index contributed by atoms with van der Waals surface area (Å²) in [5.41, 5.74) is 4.83. The minimum atomic E-state index is -3.51. The van der Waals surface area contributed by atoms with Crippen molar-refractivity contribution in [1.82, 2.24) is 0 Å². The zero-order valence-electron chi connectivity index (χ0n) is 13.4. The van der Waals surface area contributed by atoms with Crippen molar-refractivity contribution >= 4 is 38.4 Å². The van der Waals surface area contributed by atoms with Gasteiger partial charge in [-0.3, -0.25) is 4.72 Å². The molecule has 124 valence electrons. The topological polar surface area (TPSA) is 58.2 Å². The van der Waals surface area contributed by atoms with E-state index < -0.39 is 10.0 Å². The number of benzene rings is 2. The van der Waals surface area contributed by atoms with E-state index in [1.165, 1.54) is 16.9 Å². The van der Waals surface area contributed by atoms with E-state index in [0.717, 1.165) is 16.9 Å². The maximum atomic E-state index is 12.2. The van der Waals surface area contributed by atoms with Gasteiger partial charge in [0.2, 0.25) is 0 Å². The monoisotopic (exact) mass is 358 g/mol. The SMILES string of the molecule is Cc1ccc(C)c(Nc2ccc(NS(=O)(=O)c3cccs3)cc2)c1. The average Bonchev–Trinajstić information content (AvgIpc) is 3.08. The fraction of sp³-hybridized carbons (Fsp3) is 0.111. The Morgan fingerprint density at radius 2 is 1.62 bits per heavy atom. The maximum absolute atomic E-state index is 12.2. The van der Waals surface area contributed by atoms with Crippen molar-refractivity contribution in [2.24, 2.45) is 0 Å². The van der Waals surface area contributed by atoms with Gasteiger partial charge >= 0.3 is 0 Å². The van der Waals surface area contributed by atoms with Crippen LogP contribution >= 0.6 is 11.3 Å². The van der Waals surface area contributed by atoms with Crippen molar-refractivity contribution in [3.05, 3.63) is 71.1 Å². The summed E-state index contributed by atoms with van der Waals surface area (Å²) < 4.78 is 27.3. The second-order valence-corrected chi connectivity index (χ2v) is 8.42. The molecule has 0 amide bonds. The lowest BCUT2D eigenvalue weighted by Crippen LogP contribution is -2.11. The molecule has 0 aliphatic carbocycles. The average molecular weight is 358 g/mol. The summed E-state index contributed by atoms with van der Waals surface area (Å²) in [4.78, 5) is 0. The molecule has 1 aromatic heterocycles. The largest absolute Gasteiger partial charge is 0.355 e. The molecule has 0 saturated carbocycles. The highest BCUT2D eigenvalue weighted by atomic mass is 32.2. The molecular weight excluding hydrogens is 340 g/mol. The van der Waals surface area contributed by atoms with E-state index in [-0.39, 0.29) is 0 Å². The summed E-state index contributed by atoms with van der Waals surface area (Å²) in [5, 5.41) is 5.10. The lowest BCUT2D eigenvalue weighted by Gasteiger charge is -2.12. The lowest BCUT2D eigenvalue weighted by atomic mass is 10.1. The molecule has 0 aliphatic heterocycles. The van der Waals surface area contributed by atoms with Crippen LogP contribution in [-0.2, 0) is 10.0 Å². The lowest BCUT2D eigenvalue weighted by molar-refractivity contribution is 0.603. The number of aryl methyl sites for hydroxylation is 2. The number of hydrogen-bond acceptors (Lipinski definition) is 4. The first-order valence-electron chi connectivity index (χ1n) is 7.45. The molecule has 0 saturated heterocycles. The zero-order chi connectivity index (χ0) is 17.2. The van der Waals surface area contributed by atoms with Gasteiger partial charge in [0, 0.05) is 17.1 Å². The van der Waals surface area contributed by atoms with Crippen LogP contribution in [0.25, 0.3) is 0 Å². The van der Waals surface area contributed by atoms with Gasteiger partial charge < -0.3 is 5.32 Å². The Balaban J connectivity index is 1.75. The Morgan fingerprint density at radius 1 is 0.917 bits per heavy atom. The van der Waals surface area contributed by atoms with Gasteiger partial charge in [0.25, 0.3) is 10.0 Å². The van der Waals surface area contributed by atoms with Crippen LogP contribution < -0.4 is 10.0 Å². The summed E-state index contributed by atoms with van der Waals surface area (Å²) >= 11 is 1.19. The molecule has 6 heteroatoms. The third-order valence-electron chi connectivity index (χ3n) is 3.57. The molecule has 3 aromatic rings. The van der Waals surface area contributed by atoms with Gasteiger partial charge in [0.05, 0.1) is 0 Å². The number of sulfonamides is 1. The molecule has 2 N–H and O–H groups in total. The number of hydrogen-bond donors (Lipinski definition) is 2. The molecule has 0 radical (unpaired) electrons. The van der Waals surface area contributed by atoms with Gasteiger partial charge in [-0.15, -0.1) is 11.3 Å². The molecule has 4 nitrogen and oxygen atoms in total. The number of nitrogens with one attached hydrogen (secondary N) is 2. The first kappa shape index (κ1) is 16.5. The van der Waals surface area contributed by atoms with Crippen LogP contribution in [0.4, 0.5) is 17.1 Å². The van der Waals surface area contributed by atoms with Crippen molar-refractivity contribution in [2.75, 3.05) is 10.0 Å². The van der Waals surface area contributed by atoms with Crippen molar-refractivity contribution < 1.29 is 8.42 Å². The summed E-state index contributed by atoms with van der Waals surface area (Å²) in [6, 6.07) is 16.7. The van der Waals surface area contributed by atoms with Gasteiger partial charge in [-0.05, 0) is 66.8 Å². The van der Waals surface area contributed by atoms with Crippen molar-refractivity contribution in [2.45, 2.75) is 18.1 Å². The van der Waals surface area contributed by atoms with Crippen LogP contribution in [0.5, 0.6) is 0 Å². The second-order valence-electron chi connectivity index (χ2n) is 5.56. The summed E-state index contributed by atoms with van der Waals surface area (Å²) in [7, 11) is -3.51.